The number of hydrogen-bond donors (Lipinski definition) is 2. The predicted molar refractivity (Wildman–Crippen MR) is 93.3 cm³/mol. The molecule has 0 aliphatic carbocycles. The molecule has 0 saturated heterocycles. The summed E-state index contributed by atoms with van der Waals surface area (Å²) in [6.45, 7) is 3.39. The van der Waals surface area contributed by atoms with Crippen LogP contribution in [0, 0.1) is 6.92 Å². The Bertz CT molecular complexity index is 743. The number of carbonyl (C=O) groups is 3. The van der Waals surface area contributed by atoms with Crippen molar-refractivity contribution in [2.75, 3.05) is 16.8 Å². The summed E-state index contributed by atoms with van der Waals surface area (Å²) in [6, 6.07) is 5.01. The second kappa shape index (κ2) is 9.66. The highest BCUT2D eigenvalue weighted by molar-refractivity contribution is 8.00. The minimum atomic E-state index is -0.940. The van der Waals surface area contributed by atoms with Crippen molar-refractivity contribution in [3.05, 3.63) is 36.0 Å². The molecular weight excluding hydrogens is 362 g/mol. The fourth-order valence-electron chi connectivity index (χ4n) is 1.85. The van der Waals surface area contributed by atoms with Crippen molar-refractivity contribution >= 4 is 35.4 Å². The van der Waals surface area contributed by atoms with Crippen molar-refractivity contribution in [2.24, 2.45) is 0 Å². The number of thioether (sulfide) groups is 1. The van der Waals surface area contributed by atoms with Crippen molar-refractivity contribution in [1.82, 2.24) is 10.5 Å². The number of ether oxygens (including phenoxy) is 1. The third-order valence-electron chi connectivity index (χ3n) is 3.04. The summed E-state index contributed by atoms with van der Waals surface area (Å²) in [5.41, 5.74) is 0. The Kier molecular flexibility index (Phi) is 7.27. The van der Waals surface area contributed by atoms with Crippen molar-refractivity contribution in [3.63, 3.8) is 0 Å². The fraction of sp³-hybridized carbons (Fsp3) is 0.375. The van der Waals surface area contributed by atoms with E-state index in [1.54, 1.807) is 25.1 Å². The highest BCUT2D eigenvalue weighted by Gasteiger charge is 2.18. The standard InChI is InChI=1S/C16H19N3O6S/c1-10-6-13(19-25-10)18-14(20)8-26-9-15(21)24-11(2)16(22)17-7-12-4-3-5-23-12/h3-6,11H,7-9H2,1-2H3,(H,17,22)(H,18,19,20)/t11-/m1/s1. The Morgan fingerprint density at radius 1 is 1.35 bits per heavy atom. The van der Waals surface area contributed by atoms with E-state index < -0.39 is 18.0 Å². The van der Waals surface area contributed by atoms with Gasteiger partial charge in [0.1, 0.15) is 11.5 Å². The van der Waals surface area contributed by atoms with Gasteiger partial charge in [-0.1, -0.05) is 5.16 Å². The first-order chi connectivity index (χ1) is 12.4. The number of rotatable bonds is 9. The minimum Gasteiger partial charge on any atom is -0.467 e. The van der Waals surface area contributed by atoms with Gasteiger partial charge in [-0.2, -0.15) is 0 Å². The maximum atomic E-state index is 11.8. The van der Waals surface area contributed by atoms with E-state index in [1.807, 2.05) is 0 Å². The molecule has 0 aliphatic heterocycles. The van der Waals surface area contributed by atoms with Crippen molar-refractivity contribution in [3.8, 4) is 0 Å². The number of esters is 1. The van der Waals surface area contributed by atoms with Gasteiger partial charge in [0, 0.05) is 6.07 Å². The number of amides is 2. The molecule has 2 N–H and O–H groups in total. The molecule has 10 heteroatoms. The topological polar surface area (TPSA) is 124 Å². The smallest absolute Gasteiger partial charge is 0.316 e. The highest BCUT2D eigenvalue weighted by atomic mass is 32.2. The van der Waals surface area contributed by atoms with Gasteiger partial charge in [-0.25, -0.2) is 0 Å². The summed E-state index contributed by atoms with van der Waals surface area (Å²) in [7, 11) is 0. The fourth-order valence-corrected chi connectivity index (χ4v) is 2.44. The normalized spacial score (nSPS) is 11.6. The second-order valence-electron chi connectivity index (χ2n) is 5.29. The molecule has 2 heterocycles. The number of aromatic nitrogens is 1. The maximum Gasteiger partial charge on any atom is 0.316 e. The number of anilines is 1. The molecule has 0 spiro atoms. The Morgan fingerprint density at radius 3 is 2.81 bits per heavy atom. The number of carbonyl (C=O) groups excluding carboxylic acids is 3. The number of hydrogen-bond acceptors (Lipinski definition) is 8. The number of nitrogens with one attached hydrogen (secondary N) is 2. The molecule has 2 aromatic heterocycles. The molecule has 2 rings (SSSR count). The highest BCUT2D eigenvalue weighted by Crippen LogP contribution is 2.09. The lowest BCUT2D eigenvalue weighted by atomic mass is 10.3. The summed E-state index contributed by atoms with van der Waals surface area (Å²) in [5, 5.41) is 8.77. The van der Waals surface area contributed by atoms with E-state index in [0.29, 0.717) is 17.3 Å². The van der Waals surface area contributed by atoms with E-state index in [-0.39, 0.29) is 24.0 Å². The van der Waals surface area contributed by atoms with Gasteiger partial charge < -0.3 is 24.3 Å². The summed E-state index contributed by atoms with van der Waals surface area (Å²) < 4.78 is 14.9. The Balaban J connectivity index is 1.61. The molecule has 1 atom stereocenters. The third-order valence-corrected chi connectivity index (χ3v) is 3.95. The van der Waals surface area contributed by atoms with Crippen LogP contribution in [-0.4, -0.2) is 40.6 Å². The Morgan fingerprint density at radius 2 is 2.15 bits per heavy atom. The average molecular weight is 381 g/mol. The molecule has 2 amide bonds. The SMILES string of the molecule is Cc1cc(NC(=O)CSCC(=O)O[C@H](C)C(=O)NCc2ccco2)no1. The lowest BCUT2D eigenvalue weighted by molar-refractivity contribution is -0.152. The van der Waals surface area contributed by atoms with Crippen molar-refractivity contribution in [1.29, 1.82) is 0 Å². The van der Waals surface area contributed by atoms with Gasteiger partial charge in [-0.15, -0.1) is 11.8 Å². The van der Waals surface area contributed by atoms with E-state index in [1.165, 1.54) is 13.2 Å². The van der Waals surface area contributed by atoms with Crippen molar-refractivity contribution < 1.29 is 28.1 Å². The van der Waals surface area contributed by atoms with Crippen LogP contribution in [0.3, 0.4) is 0 Å². The van der Waals surface area contributed by atoms with Gasteiger partial charge in [0.25, 0.3) is 5.91 Å². The van der Waals surface area contributed by atoms with Crippen LogP contribution in [0.5, 0.6) is 0 Å². The van der Waals surface area contributed by atoms with Gasteiger partial charge in [-0.05, 0) is 26.0 Å². The summed E-state index contributed by atoms with van der Waals surface area (Å²) in [4.78, 5) is 35.3. The summed E-state index contributed by atoms with van der Waals surface area (Å²) in [6.07, 6.45) is 0.562. The van der Waals surface area contributed by atoms with Crippen LogP contribution >= 0.6 is 11.8 Å². The molecule has 140 valence electrons. The molecule has 9 nitrogen and oxygen atoms in total. The van der Waals surface area contributed by atoms with Gasteiger partial charge in [0.15, 0.2) is 11.9 Å². The van der Waals surface area contributed by atoms with E-state index >= 15 is 0 Å². The first kappa shape index (κ1) is 19.6. The van der Waals surface area contributed by atoms with Gasteiger partial charge in [0.05, 0.1) is 24.3 Å². The minimum absolute atomic E-state index is 0.0417. The Hall–Kier alpha value is -2.75. The molecule has 0 radical (unpaired) electrons. The Labute approximate surface area is 153 Å². The zero-order valence-electron chi connectivity index (χ0n) is 14.3. The van der Waals surface area contributed by atoms with Crippen LogP contribution in [-0.2, 0) is 25.7 Å². The predicted octanol–water partition coefficient (Wildman–Crippen LogP) is 1.50. The second-order valence-corrected chi connectivity index (χ2v) is 6.28. The summed E-state index contributed by atoms with van der Waals surface area (Å²) >= 11 is 1.07. The lowest BCUT2D eigenvalue weighted by Gasteiger charge is -2.12. The molecule has 0 saturated carbocycles. The zero-order chi connectivity index (χ0) is 18.9. The van der Waals surface area contributed by atoms with Gasteiger partial charge >= 0.3 is 5.97 Å². The van der Waals surface area contributed by atoms with E-state index in [2.05, 4.69) is 15.8 Å². The van der Waals surface area contributed by atoms with Gasteiger partial charge in [-0.3, -0.25) is 14.4 Å². The quantitative estimate of drug-likeness (QED) is 0.626. The number of aryl methyl sites for hydroxylation is 1. The first-order valence-corrected chi connectivity index (χ1v) is 8.90. The van der Waals surface area contributed by atoms with E-state index in [4.69, 9.17) is 13.7 Å². The monoisotopic (exact) mass is 381 g/mol. The van der Waals surface area contributed by atoms with Crippen LogP contribution < -0.4 is 10.6 Å². The summed E-state index contributed by atoms with van der Waals surface area (Å²) in [5.74, 6) is 0.148. The average Bonchev–Trinajstić information content (AvgIpc) is 3.24. The van der Waals surface area contributed by atoms with E-state index in [9.17, 15) is 14.4 Å². The molecule has 26 heavy (non-hydrogen) atoms. The molecule has 0 aliphatic rings. The zero-order valence-corrected chi connectivity index (χ0v) is 15.1. The van der Waals surface area contributed by atoms with Crippen LogP contribution in [0.15, 0.2) is 33.4 Å². The molecule has 0 fully saturated rings. The van der Waals surface area contributed by atoms with Crippen LogP contribution in [0.25, 0.3) is 0 Å². The van der Waals surface area contributed by atoms with Crippen LogP contribution in [0.2, 0.25) is 0 Å². The number of nitrogens with zero attached hydrogens (tertiary/aromatic N) is 1. The molecule has 2 aromatic rings. The van der Waals surface area contributed by atoms with Crippen molar-refractivity contribution in [2.45, 2.75) is 26.5 Å². The first-order valence-electron chi connectivity index (χ1n) is 7.74. The van der Waals surface area contributed by atoms with Gasteiger partial charge in [0.2, 0.25) is 5.91 Å². The molecular formula is C16H19N3O6S. The lowest BCUT2D eigenvalue weighted by Crippen LogP contribution is -2.35. The third kappa shape index (κ3) is 6.63. The van der Waals surface area contributed by atoms with Crippen LogP contribution in [0.4, 0.5) is 5.82 Å². The maximum absolute atomic E-state index is 11.8. The molecule has 0 unspecified atom stereocenters. The molecule has 0 aromatic carbocycles. The van der Waals surface area contributed by atoms with E-state index in [0.717, 1.165) is 11.8 Å². The van der Waals surface area contributed by atoms with Crippen LogP contribution in [0.1, 0.15) is 18.4 Å². The number of furan rings is 1. The molecule has 0 bridgehead atoms. The largest absolute Gasteiger partial charge is 0.467 e.